The van der Waals surface area contributed by atoms with Gasteiger partial charge in [0.15, 0.2) is 16.3 Å². The molecule has 0 N–H and O–H groups in total. The van der Waals surface area contributed by atoms with Crippen LogP contribution in [-0.4, -0.2) is 18.8 Å². The number of nitrogens with zero attached hydrogens (tertiary/aromatic N) is 2. The molecule has 0 radical (unpaired) electrons. The van der Waals surface area contributed by atoms with Crippen LogP contribution in [0, 0.1) is 0 Å². The van der Waals surface area contributed by atoms with Crippen LogP contribution in [0.15, 0.2) is 52.8 Å². The van der Waals surface area contributed by atoms with Crippen LogP contribution in [0.25, 0.3) is 11.3 Å². The Morgan fingerprint density at radius 3 is 2.54 bits per heavy atom. The van der Waals surface area contributed by atoms with Crippen LogP contribution >= 0.6 is 11.3 Å². The molecule has 122 valence electrons. The van der Waals surface area contributed by atoms with Gasteiger partial charge in [0.05, 0.1) is 25.6 Å². The maximum Gasteiger partial charge on any atom is 0.190 e. The maximum absolute atomic E-state index is 5.47. The zero-order valence-corrected chi connectivity index (χ0v) is 14.5. The third-order valence-electron chi connectivity index (χ3n) is 4.27. The van der Waals surface area contributed by atoms with Crippen LogP contribution in [0.5, 0.6) is 11.5 Å². The minimum atomic E-state index is 0.762. The molecule has 5 heteroatoms. The van der Waals surface area contributed by atoms with E-state index in [4.69, 9.17) is 14.5 Å². The van der Waals surface area contributed by atoms with Gasteiger partial charge < -0.3 is 14.0 Å². The number of aromatic nitrogens is 1. The standard InChI is InChI=1S/C19H18N2O2S/c1-22-17-10-13-8-9-21-16(15(13)11-18(17)23-2)12-24-19(21)20-14-6-4-3-5-7-14/h3-7,10-12H,8-9H2,1-2H3. The number of thiazole rings is 1. The Hall–Kier alpha value is -2.53. The summed E-state index contributed by atoms with van der Waals surface area (Å²) in [5.41, 5.74) is 4.66. The summed E-state index contributed by atoms with van der Waals surface area (Å²) in [5, 5.41) is 2.17. The number of methoxy groups -OCH3 is 2. The first-order valence-corrected chi connectivity index (χ1v) is 8.71. The number of hydrogen-bond donors (Lipinski definition) is 0. The predicted molar refractivity (Wildman–Crippen MR) is 96.2 cm³/mol. The summed E-state index contributed by atoms with van der Waals surface area (Å²) in [6.45, 7) is 0.924. The molecule has 1 aliphatic rings. The molecule has 3 aromatic rings. The molecule has 4 rings (SSSR count). The number of aryl methyl sites for hydroxylation is 1. The lowest BCUT2D eigenvalue weighted by molar-refractivity contribution is 0.354. The summed E-state index contributed by atoms with van der Waals surface area (Å²) in [6.07, 6.45) is 0.960. The molecule has 4 nitrogen and oxygen atoms in total. The molecule has 0 amide bonds. The summed E-state index contributed by atoms with van der Waals surface area (Å²) >= 11 is 1.67. The van der Waals surface area contributed by atoms with Crippen LogP contribution in [0.3, 0.4) is 0 Å². The average Bonchev–Trinajstić information content (AvgIpc) is 3.04. The second-order valence-corrected chi connectivity index (χ2v) is 6.45. The third-order valence-corrected chi connectivity index (χ3v) is 5.13. The summed E-state index contributed by atoms with van der Waals surface area (Å²) in [5.74, 6) is 1.55. The normalized spacial score (nSPS) is 13.3. The molecule has 24 heavy (non-hydrogen) atoms. The molecule has 0 saturated carbocycles. The predicted octanol–water partition coefficient (Wildman–Crippen LogP) is 4.02. The van der Waals surface area contributed by atoms with E-state index in [1.54, 1.807) is 25.6 Å². The van der Waals surface area contributed by atoms with E-state index in [0.717, 1.165) is 35.0 Å². The van der Waals surface area contributed by atoms with E-state index in [1.165, 1.54) is 16.8 Å². The molecule has 1 aromatic heterocycles. The monoisotopic (exact) mass is 338 g/mol. The lowest BCUT2D eigenvalue weighted by atomic mass is 9.98. The average molecular weight is 338 g/mol. The first-order valence-electron chi connectivity index (χ1n) is 7.83. The Morgan fingerprint density at radius 1 is 1.04 bits per heavy atom. The molecule has 0 atom stereocenters. The minimum Gasteiger partial charge on any atom is -0.493 e. The zero-order valence-electron chi connectivity index (χ0n) is 13.7. The van der Waals surface area contributed by atoms with Gasteiger partial charge in [-0.3, -0.25) is 0 Å². The van der Waals surface area contributed by atoms with Crippen molar-refractivity contribution in [3.63, 3.8) is 0 Å². The van der Waals surface area contributed by atoms with Gasteiger partial charge in [0.25, 0.3) is 0 Å². The highest BCUT2D eigenvalue weighted by molar-refractivity contribution is 7.07. The van der Waals surface area contributed by atoms with Crippen LogP contribution in [0.4, 0.5) is 5.69 Å². The van der Waals surface area contributed by atoms with Crippen molar-refractivity contribution < 1.29 is 9.47 Å². The second kappa shape index (κ2) is 6.17. The van der Waals surface area contributed by atoms with Gasteiger partial charge in [-0.1, -0.05) is 18.2 Å². The van der Waals surface area contributed by atoms with Crippen molar-refractivity contribution >= 4 is 17.0 Å². The SMILES string of the molecule is COc1cc2c(cc1OC)-c1csc(=Nc3ccccc3)n1CC2. The maximum atomic E-state index is 5.47. The quantitative estimate of drug-likeness (QED) is 0.723. The lowest BCUT2D eigenvalue weighted by Crippen LogP contribution is -2.21. The Balaban J connectivity index is 1.85. The van der Waals surface area contributed by atoms with Crippen molar-refractivity contribution in [2.75, 3.05) is 14.2 Å². The minimum absolute atomic E-state index is 0.762. The fraction of sp³-hybridized carbons (Fsp3) is 0.211. The van der Waals surface area contributed by atoms with E-state index >= 15 is 0 Å². The Labute approximate surface area is 144 Å². The third kappa shape index (κ3) is 2.51. The van der Waals surface area contributed by atoms with E-state index in [1.807, 2.05) is 30.3 Å². The fourth-order valence-electron chi connectivity index (χ4n) is 3.06. The van der Waals surface area contributed by atoms with Gasteiger partial charge in [-0.2, -0.15) is 0 Å². The summed E-state index contributed by atoms with van der Waals surface area (Å²) in [6, 6.07) is 14.2. The highest BCUT2D eigenvalue weighted by Gasteiger charge is 2.20. The van der Waals surface area contributed by atoms with Crippen molar-refractivity contribution in [1.82, 2.24) is 4.57 Å². The largest absolute Gasteiger partial charge is 0.493 e. The van der Waals surface area contributed by atoms with Gasteiger partial charge in [-0.05, 0) is 36.2 Å². The van der Waals surface area contributed by atoms with Gasteiger partial charge in [0.2, 0.25) is 0 Å². The van der Waals surface area contributed by atoms with Crippen molar-refractivity contribution in [1.29, 1.82) is 0 Å². The van der Waals surface area contributed by atoms with E-state index in [0.29, 0.717) is 0 Å². The van der Waals surface area contributed by atoms with Gasteiger partial charge in [-0.25, -0.2) is 4.99 Å². The molecule has 0 spiro atoms. The van der Waals surface area contributed by atoms with E-state index in [2.05, 4.69) is 22.1 Å². The number of rotatable bonds is 3. The summed E-state index contributed by atoms with van der Waals surface area (Å²) in [4.78, 5) is 5.81. The highest BCUT2D eigenvalue weighted by atomic mass is 32.1. The van der Waals surface area contributed by atoms with Crippen LogP contribution in [-0.2, 0) is 13.0 Å². The van der Waals surface area contributed by atoms with E-state index in [9.17, 15) is 0 Å². The summed E-state index contributed by atoms with van der Waals surface area (Å²) < 4.78 is 13.2. The summed E-state index contributed by atoms with van der Waals surface area (Å²) in [7, 11) is 3.35. The fourth-order valence-corrected chi connectivity index (χ4v) is 4.01. The highest BCUT2D eigenvalue weighted by Crippen LogP contribution is 2.38. The molecule has 1 aliphatic heterocycles. The molecule has 2 heterocycles. The van der Waals surface area contributed by atoms with Crippen LogP contribution in [0.2, 0.25) is 0 Å². The Morgan fingerprint density at radius 2 is 1.79 bits per heavy atom. The molecule has 0 bridgehead atoms. The molecule has 0 saturated heterocycles. The van der Waals surface area contributed by atoms with Crippen molar-refractivity contribution in [2.24, 2.45) is 4.99 Å². The molecule has 0 fully saturated rings. The molecular formula is C19H18N2O2S. The number of fused-ring (bicyclic) bond motifs is 3. The number of hydrogen-bond acceptors (Lipinski definition) is 4. The number of benzene rings is 2. The van der Waals surface area contributed by atoms with Gasteiger partial charge in [0, 0.05) is 17.5 Å². The molecule has 0 unspecified atom stereocenters. The lowest BCUT2D eigenvalue weighted by Gasteiger charge is -2.21. The first-order chi connectivity index (χ1) is 11.8. The van der Waals surface area contributed by atoms with E-state index < -0.39 is 0 Å². The molecular weight excluding hydrogens is 320 g/mol. The van der Waals surface area contributed by atoms with Crippen LogP contribution < -0.4 is 14.3 Å². The van der Waals surface area contributed by atoms with E-state index in [-0.39, 0.29) is 0 Å². The smallest absolute Gasteiger partial charge is 0.190 e. The van der Waals surface area contributed by atoms with Gasteiger partial charge >= 0.3 is 0 Å². The molecule has 0 aliphatic carbocycles. The van der Waals surface area contributed by atoms with Crippen LogP contribution in [0.1, 0.15) is 5.56 Å². The van der Waals surface area contributed by atoms with Crippen molar-refractivity contribution in [2.45, 2.75) is 13.0 Å². The second-order valence-electron chi connectivity index (χ2n) is 5.62. The van der Waals surface area contributed by atoms with Crippen molar-refractivity contribution in [3.05, 3.63) is 58.2 Å². The molecule has 2 aromatic carbocycles. The number of para-hydroxylation sites is 1. The van der Waals surface area contributed by atoms with Crippen molar-refractivity contribution in [3.8, 4) is 22.8 Å². The Bertz CT molecular complexity index is 942. The Kier molecular flexibility index (Phi) is 3.86. The first kappa shape index (κ1) is 15.0. The zero-order chi connectivity index (χ0) is 16.5. The van der Waals surface area contributed by atoms with Gasteiger partial charge in [-0.15, -0.1) is 11.3 Å². The number of ether oxygens (including phenoxy) is 2. The van der Waals surface area contributed by atoms with Gasteiger partial charge in [0.1, 0.15) is 0 Å². The topological polar surface area (TPSA) is 35.8 Å².